The van der Waals surface area contributed by atoms with Crippen molar-refractivity contribution in [2.75, 3.05) is 6.54 Å². The first-order valence-electron chi connectivity index (χ1n) is 5.47. The Labute approximate surface area is 123 Å². The van der Waals surface area contributed by atoms with Crippen molar-refractivity contribution in [3.05, 3.63) is 30.2 Å². The average Bonchev–Trinajstić information content (AvgIpc) is 2.89. The summed E-state index contributed by atoms with van der Waals surface area (Å²) in [5.74, 6) is 0. The molecule has 1 atom stereocenters. The summed E-state index contributed by atoms with van der Waals surface area (Å²) < 4.78 is 1.22. The Bertz CT molecular complexity index is 440. The molecule has 2 heterocycles. The van der Waals surface area contributed by atoms with E-state index in [0.29, 0.717) is 0 Å². The zero-order chi connectivity index (χ0) is 12.3. The third-order valence-corrected chi connectivity index (χ3v) is 5.04. The molecule has 0 spiro atoms. The van der Waals surface area contributed by atoms with Gasteiger partial charge in [-0.05, 0) is 42.5 Å². The van der Waals surface area contributed by atoms with Crippen molar-refractivity contribution in [2.24, 2.45) is 0 Å². The Balaban J connectivity index is 2.24. The molecule has 0 bridgehead atoms. The van der Waals surface area contributed by atoms with E-state index in [-0.39, 0.29) is 6.04 Å². The Hall–Kier alpha value is -0.0500. The molecule has 1 N–H and O–H groups in total. The molecule has 0 aliphatic heterocycles. The molecule has 17 heavy (non-hydrogen) atoms. The molecule has 92 valence electrons. The minimum atomic E-state index is 0.155. The molecule has 0 saturated carbocycles. The lowest BCUT2D eigenvalue weighted by molar-refractivity contribution is 0.592. The second-order valence-corrected chi connectivity index (χ2v) is 7.56. The van der Waals surface area contributed by atoms with Crippen LogP contribution in [0.1, 0.15) is 35.1 Å². The maximum atomic E-state index is 4.57. The van der Waals surface area contributed by atoms with Crippen LogP contribution in [-0.2, 0) is 0 Å². The topological polar surface area (TPSA) is 37.8 Å². The van der Waals surface area contributed by atoms with Gasteiger partial charge in [-0.25, -0.2) is 9.97 Å². The van der Waals surface area contributed by atoms with E-state index in [1.54, 1.807) is 22.7 Å². The first kappa shape index (κ1) is 13.4. The normalized spacial score (nSPS) is 12.9. The number of rotatable bonds is 5. The molecule has 2 aromatic rings. The van der Waals surface area contributed by atoms with Gasteiger partial charge in [-0.3, -0.25) is 0 Å². The van der Waals surface area contributed by atoms with E-state index in [0.717, 1.165) is 28.7 Å². The minimum Gasteiger partial charge on any atom is -0.302 e. The molecule has 3 nitrogen and oxygen atoms in total. The molecule has 0 aliphatic carbocycles. The van der Waals surface area contributed by atoms with Gasteiger partial charge in [0.15, 0.2) is 0 Å². The maximum absolute atomic E-state index is 4.57. The highest BCUT2D eigenvalue weighted by Gasteiger charge is 2.19. The summed E-state index contributed by atoms with van der Waals surface area (Å²) in [6, 6.07) is 0.155. The standard InChI is InChI=1S/C11H14IN3S2/c1-3-4-13-9(10-14-5-8(12)17-10)11-15-7(2)6-16-11/h5-6,9,13H,3-4H2,1-2H3. The first-order chi connectivity index (χ1) is 8.20. The lowest BCUT2D eigenvalue weighted by atomic mass is 10.3. The minimum absolute atomic E-state index is 0.155. The number of hydrogen-bond acceptors (Lipinski definition) is 5. The summed E-state index contributed by atoms with van der Waals surface area (Å²) in [5.41, 5.74) is 1.08. The number of halogens is 1. The van der Waals surface area contributed by atoms with E-state index in [1.807, 2.05) is 13.1 Å². The van der Waals surface area contributed by atoms with Crippen LogP contribution in [0.3, 0.4) is 0 Å². The lowest BCUT2D eigenvalue weighted by Gasteiger charge is -2.13. The Morgan fingerprint density at radius 3 is 2.82 bits per heavy atom. The van der Waals surface area contributed by atoms with Crippen molar-refractivity contribution in [2.45, 2.75) is 26.3 Å². The van der Waals surface area contributed by atoms with Crippen LogP contribution in [-0.4, -0.2) is 16.5 Å². The molecule has 2 aromatic heterocycles. The highest BCUT2D eigenvalue weighted by atomic mass is 127. The fourth-order valence-electron chi connectivity index (χ4n) is 1.47. The van der Waals surface area contributed by atoms with Crippen LogP contribution in [0.5, 0.6) is 0 Å². The zero-order valence-electron chi connectivity index (χ0n) is 9.74. The second-order valence-electron chi connectivity index (χ2n) is 3.72. The van der Waals surface area contributed by atoms with Gasteiger partial charge in [0.05, 0.1) is 9.08 Å². The summed E-state index contributed by atoms with van der Waals surface area (Å²) in [7, 11) is 0. The monoisotopic (exact) mass is 379 g/mol. The number of aromatic nitrogens is 2. The van der Waals surface area contributed by atoms with Crippen molar-refractivity contribution in [3.63, 3.8) is 0 Å². The predicted octanol–water partition coefficient (Wildman–Crippen LogP) is 3.60. The molecule has 0 fully saturated rings. The predicted molar refractivity (Wildman–Crippen MR) is 81.8 cm³/mol. The summed E-state index contributed by atoms with van der Waals surface area (Å²) in [6.45, 7) is 5.19. The van der Waals surface area contributed by atoms with Gasteiger partial charge in [0.2, 0.25) is 0 Å². The van der Waals surface area contributed by atoms with Gasteiger partial charge in [0.1, 0.15) is 16.1 Å². The third-order valence-electron chi connectivity index (χ3n) is 2.22. The van der Waals surface area contributed by atoms with Crippen LogP contribution in [0.25, 0.3) is 0 Å². The van der Waals surface area contributed by atoms with Crippen molar-refractivity contribution in [3.8, 4) is 0 Å². The fourth-order valence-corrected chi connectivity index (χ4v) is 3.96. The second kappa shape index (κ2) is 6.21. The highest BCUT2D eigenvalue weighted by molar-refractivity contribution is 14.1. The molecule has 2 rings (SSSR count). The van der Waals surface area contributed by atoms with E-state index < -0.39 is 0 Å². The number of aryl methyl sites for hydroxylation is 1. The maximum Gasteiger partial charge on any atom is 0.118 e. The quantitative estimate of drug-likeness (QED) is 0.807. The highest BCUT2D eigenvalue weighted by Crippen LogP contribution is 2.28. The summed E-state index contributed by atoms with van der Waals surface area (Å²) in [4.78, 5) is 9.04. The van der Waals surface area contributed by atoms with Crippen molar-refractivity contribution >= 4 is 45.3 Å². The van der Waals surface area contributed by atoms with Crippen LogP contribution < -0.4 is 5.32 Å². The van der Waals surface area contributed by atoms with Crippen LogP contribution in [0.2, 0.25) is 0 Å². The molecule has 6 heteroatoms. The van der Waals surface area contributed by atoms with E-state index in [2.05, 4.69) is 50.2 Å². The Morgan fingerprint density at radius 2 is 2.29 bits per heavy atom. The average molecular weight is 379 g/mol. The smallest absolute Gasteiger partial charge is 0.118 e. The van der Waals surface area contributed by atoms with Crippen molar-refractivity contribution in [1.29, 1.82) is 0 Å². The van der Waals surface area contributed by atoms with Gasteiger partial charge in [-0.2, -0.15) is 0 Å². The van der Waals surface area contributed by atoms with E-state index >= 15 is 0 Å². The Morgan fingerprint density at radius 1 is 1.47 bits per heavy atom. The van der Waals surface area contributed by atoms with E-state index in [1.165, 1.54) is 2.88 Å². The first-order valence-corrected chi connectivity index (χ1v) is 8.25. The fraction of sp³-hybridized carbons (Fsp3) is 0.455. The molecule has 0 aromatic carbocycles. The summed E-state index contributed by atoms with van der Waals surface area (Å²) in [6.07, 6.45) is 3.03. The SMILES string of the molecule is CCCNC(c1nc(C)cs1)c1ncc(I)s1. The van der Waals surface area contributed by atoms with E-state index in [9.17, 15) is 0 Å². The number of thiazole rings is 2. The van der Waals surface area contributed by atoms with Crippen LogP contribution in [0, 0.1) is 9.81 Å². The van der Waals surface area contributed by atoms with Gasteiger partial charge in [0, 0.05) is 11.1 Å². The number of hydrogen-bond donors (Lipinski definition) is 1. The van der Waals surface area contributed by atoms with Gasteiger partial charge in [-0.15, -0.1) is 22.7 Å². The molecular formula is C11H14IN3S2. The van der Waals surface area contributed by atoms with Crippen molar-refractivity contribution < 1.29 is 0 Å². The van der Waals surface area contributed by atoms with Crippen LogP contribution >= 0.6 is 45.3 Å². The largest absolute Gasteiger partial charge is 0.302 e. The van der Waals surface area contributed by atoms with Gasteiger partial charge < -0.3 is 5.32 Å². The zero-order valence-corrected chi connectivity index (χ0v) is 13.5. The van der Waals surface area contributed by atoms with Crippen molar-refractivity contribution in [1.82, 2.24) is 15.3 Å². The molecule has 0 amide bonds. The number of nitrogens with one attached hydrogen (secondary N) is 1. The number of nitrogens with zero attached hydrogens (tertiary/aromatic N) is 2. The van der Waals surface area contributed by atoms with Crippen LogP contribution in [0.4, 0.5) is 0 Å². The molecule has 0 aliphatic rings. The lowest BCUT2D eigenvalue weighted by Crippen LogP contribution is -2.22. The van der Waals surface area contributed by atoms with Crippen LogP contribution in [0.15, 0.2) is 11.6 Å². The molecular weight excluding hydrogens is 365 g/mol. The molecule has 1 unspecified atom stereocenters. The third kappa shape index (κ3) is 3.46. The van der Waals surface area contributed by atoms with Gasteiger partial charge >= 0.3 is 0 Å². The summed E-state index contributed by atoms with van der Waals surface area (Å²) >= 11 is 5.74. The summed E-state index contributed by atoms with van der Waals surface area (Å²) in [5, 5.41) is 7.83. The molecule has 0 radical (unpaired) electrons. The van der Waals surface area contributed by atoms with Gasteiger partial charge in [-0.1, -0.05) is 6.92 Å². The van der Waals surface area contributed by atoms with E-state index in [4.69, 9.17) is 0 Å². The van der Waals surface area contributed by atoms with Gasteiger partial charge in [0.25, 0.3) is 0 Å². The Kier molecular flexibility index (Phi) is 4.89. The molecule has 0 saturated heterocycles.